The van der Waals surface area contributed by atoms with Crippen LogP contribution in [0.3, 0.4) is 0 Å². The van der Waals surface area contributed by atoms with E-state index in [0.717, 1.165) is 7.11 Å². The van der Waals surface area contributed by atoms with E-state index in [1.165, 1.54) is 7.11 Å². The smallest absolute Gasteiger partial charge is 0.305 e. The number of ether oxygens (including phenoxy) is 1. The molecule has 0 rings (SSSR count). The molecule has 0 fully saturated rings. The summed E-state index contributed by atoms with van der Waals surface area (Å²) < 4.78 is 4.26. The van der Waals surface area contributed by atoms with Gasteiger partial charge in [-0.3, -0.25) is 9.59 Å². The van der Waals surface area contributed by atoms with Crippen LogP contribution in [0.25, 0.3) is 0 Å². The summed E-state index contributed by atoms with van der Waals surface area (Å²) in [5, 5.41) is 14.7. The van der Waals surface area contributed by atoms with Crippen LogP contribution in [0.15, 0.2) is 0 Å². The van der Waals surface area contributed by atoms with Gasteiger partial charge in [0.2, 0.25) is 0 Å². The predicted molar refractivity (Wildman–Crippen MR) is 48.4 cm³/mol. The van der Waals surface area contributed by atoms with Gasteiger partial charge in [0.15, 0.2) is 0 Å². The van der Waals surface area contributed by atoms with Crippen LogP contribution in [0.1, 0.15) is 26.7 Å². The first-order valence-electron chi connectivity index (χ1n) is 3.81. The van der Waals surface area contributed by atoms with Crippen molar-refractivity contribution < 1.29 is 24.5 Å². The number of methoxy groups -OCH3 is 1. The van der Waals surface area contributed by atoms with Gasteiger partial charge in [-0.05, 0) is 0 Å². The Labute approximate surface area is 78.3 Å². The van der Waals surface area contributed by atoms with E-state index in [2.05, 4.69) is 4.74 Å². The van der Waals surface area contributed by atoms with Crippen molar-refractivity contribution in [2.24, 2.45) is 0 Å². The van der Waals surface area contributed by atoms with Gasteiger partial charge in [0, 0.05) is 20.0 Å². The van der Waals surface area contributed by atoms with Gasteiger partial charge in [-0.2, -0.15) is 0 Å². The fourth-order valence-electron chi connectivity index (χ4n) is 0.144. The number of aliphatic carboxylic acids is 1. The van der Waals surface area contributed by atoms with Crippen molar-refractivity contribution in [3.8, 4) is 0 Å². The molecule has 0 aliphatic carbocycles. The SMILES string of the molecule is CCC(=O)O.CCC(=O)OC.CO. The summed E-state index contributed by atoms with van der Waals surface area (Å²) in [4.78, 5) is 19.3. The topological polar surface area (TPSA) is 83.8 Å². The lowest BCUT2D eigenvalue weighted by Crippen LogP contribution is -1.94. The Morgan fingerprint density at radius 2 is 1.46 bits per heavy atom. The molecule has 0 saturated carbocycles. The molecule has 5 heteroatoms. The summed E-state index contributed by atoms with van der Waals surface area (Å²) in [6, 6.07) is 0. The van der Waals surface area contributed by atoms with Crippen LogP contribution >= 0.6 is 0 Å². The summed E-state index contributed by atoms with van der Waals surface area (Å²) in [6.07, 6.45) is 0.691. The highest BCUT2D eigenvalue weighted by molar-refractivity contribution is 5.68. The molecule has 0 amide bonds. The van der Waals surface area contributed by atoms with Crippen LogP contribution < -0.4 is 0 Å². The van der Waals surface area contributed by atoms with Gasteiger partial charge >= 0.3 is 11.9 Å². The van der Waals surface area contributed by atoms with E-state index >= 15 is 0 Å². The Morgan fingerprint density at radius 3 is 1.46 bits per heavy atom. The Kier molecular flexibility index (Phi) is 23.5. The van der Waals surface area contributed by atoms with E-state index in [4.69, 9.17) is 10.2 Å². The maximum absolute atomic E-state index is 9.96. The zero-order chi connectivity index (χ0) is 11.3. The summed E-state index contributed by atoms with van der Waals surface area (Å²) in [5.41, 5.74) is 0. The summed E-state index contributed by atoms with van der Waals surface area (Å²) >= 11 is 0. The minimum absolute atomic E-state index is 0.157. The second-order valence-corrected chi connectivity index (χ2v) is 1.68. The molecule has 0 spiro atoms. The number of carbonyl (C=O) groups excluding carboxylic acids is 1. The van der Waals surface area contributed by atoms with Crippen molar-refractivity contribution in [2.75, 3.05) is 14.2 Å². The molecule has 2 N–H and O–H groups in total. The summed E-state index contributed by atoms with van der Waals surface area (Å²) in [5.74, 6) is -0.903. The predicted octanol–water partition coefficient (Wildman–Crippen LogP) is 0.659. The number of carboxylic acid groups (broad SMARTS) is 1. The molecule has 0 aliphatic heterocycles. The normalized spacial score (nSPS) is 6.85. The fraction of sp³-hybridized carbons (Fsp3) is 0.750. The Hall–Kier alpha value is -1.10. The third kappa shape index (κ3) is 36.0. The molecule has 80 valence electrons. The second kappa shape index (κ2) is 17.1. The molecular weight excluding hydrogens is 176 g/mol. The lowest BCUT2D eigenvalue weighted by molar-refractivity contribution is -0.140. The molecule has 0 aromatic heterocycles. The van der Waals surface area contributed by atoms with Gasteiger partial charge in [0.05, 0.1) is 7.11 Å². The van der Waals surface area contributed by atoms with Gasteiger partial charge in [-0.1, -0.05) is 13.8 Å². The van der Waals surface area contributed by atoms with Crippen LogP contribution in [-0.4, -0.2) is 36.4 Å². The van der Waals surface area contributed by atoms with Crippen molar-refractivity contribution in [2.45, 2.75) is 26.7 Å². The first-order valence-corrected chi connectivity index (χ1v) is 3.81. The third-order valence-corrected chi connectivity index (χ3v) is 0.819. The van der Waals surface area contributed by atoms with Crippen LogP contribution in [0.2, 0.25) is 0 Å². The molecule has 0 bridgehead atoms. The second-order valence-electron chi connectivity index (χ2n) is 1.68. The van der Waals surface area contributed by atoms with E-state index < -0.39 is 5.97 Å². The Balaban J connectivity index is -0.000000131. The van der Waals surface area contributed by atoms with Crippen molar-refractivity contribution in [1.29, 1.82) is 0 Å². The molecule has 0 heterocycles. The van der Waals surface area contributed by atoms with Crippen molar-refractivity contribution in [3.05, 3.63) is 0 Å². The minimum Gasteiger partial charge on any atom is -0.481 e. The maximum atomic E-state index is 9.96. The van der Waals surface area contributed by atoms with Gasteiger partial charge in [0.1, 0.15) is 0 Å². The minimum atomic E-state index is -0.745. The largest absolute Gasteiger partial charge is 0.481 e. The number of carboxylic acids is 1. The molecule has 0 aromatic rings. The number of esters is 1. The Morgan fingerprint density at radius 1 is 1.15 bits per heavy atom. The molecule has 0 radical (unpaired) electrons. The zero-order valence-corrected chi connectivity index (χ0v) is 8.53. The molecule has 13 heavy (non-hydrogen) atoms. The monoisotopic (exact) mass is 194 g/mol. The van der Waals surface area contributed by atoms with Gasteiger partial charge in [0.25, 0.3) is 0 Å². The molecule has 0 unspecified atom stereocenters. The number of aliphatic hydroxyl groups is 1. The fourth-order valence-corrected chi connectivity index (χ4v) is 0.144. The number of carbonyl (C=O) groups is 2. The molecule has 0 aliphatic rings. The van der Waals surface area contributed by atoms with Crippen molar-refractivity contribution >= 4 is 11.9 Å². The lowest BCUT2D eigenvalue weighted by atomic mass is 10.5. The zero-order valence-electron chi connectivity index (χ0n) is 8.53. The van der Waals surface area contributed by atoms with Gasteiger partial charge < -0.3 is 14.9 Å². The lowest BCUT2D eigenvalue weighted by Gasteiger charge is -1.87. The van der Waals surface area contributed by atoms with Gasteiger partial charge in [-0.25, -0.2) is 0 Å². The van der Waals surface area contributed by atoms with E-state index in [1.807, 2.05) is 0 Å². The highest BCUT2D eigenvalue weighted by atomic mass is 16.5. The van der Waals surface area contributed by atoms with E-state index in [-0.39, 0.29) is 12.4 Å². The average Bonchev–Trinajstić information content (AvgIpc) is 2.20. The van der Waals surface area contributed by atoms with Crippen LogP contribution in [0, 0.1) is 0 Å². The van der Waals surface area contributed by atoms with Crippen LogP contribution in [0.5, 0.6) is 0 Å². The van der Waals surface area contributed by atoms with Crippen molar-refractivity contribution in [3.63, 3.8) is 0 Å². The third-order valence-electron chi connectivity index (χ3n) is 0.819. The highest BCUT2D eigenvalue weighted by Gasteiger charge is 1.87. The maximum Gasteiger partial charge on any atom is 0.305 e. The number of aliphatic hydroxyl groups excluding tert-OH is 1. The standard InChI is InChI=1S/C4H8O2.C3H6O2.CH4O/c1-3-4(5)6-2;1-2-3(4)5;1-2/h3H2,1-2H3;2H2,1H3,(H,4,5);2H,1H3. The summed E-state index contributed by atoms with van der Waals surface area (Å²) in [7, 11) is 2.38. The number of rotatable bonds is 2. The molecule has 0 aromatic carbocycles. The van der Waals surface area contributed by atoms with E-state index in [0.29, 0.717) is 6.42 Å². The van der Waals surface area contributed by atoms with E-state index in [9.17, 15) is 9.59 Å². The number of hydrogen-bond donors (Lipinski definition) is 2. The van der Waals surface area contributed by atoms with Gasteiger partial charge in [-0.15, -0.1) is 0 Å². The molecular formula is C8H18O5. The Bertz CT molecular complexity index is 116. The quantitative estimate of drug-likeness (QED) is 0.631. The first-order chi connectivity index (χ1) is 6.08. The molecule has 5 nitrogen and oxygen atoms in total. The average molecular weight is 194 g/mol. The first kappa shape index (κ1) is 17.8. The summed E-state index contributed by atoms with van der Waals surface area (Å²) in [6.45, 7) is 3.36. The highest BCUT2D eigenvalue weighted by Crippen LogP contribution is 1.76. The van der Waals surface area contributed by atoms with E-state index in [1.54, 1.807) is 13.8 Å². The van der Waals surface area contributed by atoms with Crippen molar-refractivity contribution in [1.82, 2.24) is 0 Å². The number of hydrogen-bond acceptors (Lipinski definition) is 4. The molecule has 0 atom stereocenters. The van der Waals surface area contributed by atoms with Crippen LogP contribution in [-0.2, 0) is 14.3 Å². The molecule has 0 saturated heterocycles. The van der Waals surface area contributed by atoms with Crippen LogP contribution in [0.4, 0.5) is 0 Å².